The van der Waals surface area contributed by atoms with Crippen molar-refractivity contribution in [1.82, 2.24) is 0 Å². The highest BCUT2D eigenvalue weighted by molar-refractivity contribution is 6.30. The monoisotopic (exact) mass is 314 g/mol. The Balaban J connectivity index is 1.85. The fourth-order valence-corrected chi connectivity index (χ4v) is 2.84. The van der Waals surface area contributed by atoms with Gasteiger partial charge in [0.2, 0.25) is 0 Å². The molecule has 0 aliphatic carbocycles. The van der Waals surface area contributed by atoms with Crippen LogP contribution < -0.4 is 4.90 Å². The van der Waals surface area contributed by atoms with Crippen molar-refractivity contribution in [2.45, 2.75) is 19.4 Å². The minimum Gasteiger partial charge on any atom is -0.392 e. The largest absolute Gasteiger partial charge is 0.392 e. The first-order chi connectivity index (χ1) is 10.6. The summed E-state index contributed by atoms with van der Waals surface area (Å²) < 4.78 is 0. The molecule has 1 atom stereocenters. The van der Waals surface area contributed by atoms with Crippen molar-refractivity contribution in [3.05, 3.63) is 64.2 Å². The van der Waals surface area contributed by atoms with Gasteiger partial charge in [-0.1, -0.05) is 35.9 Å². The molecular formula is C18H19ClN2O. The van der Waals surface area contributed by atoms with E-state index in [4.69, 9.17) is 11.6 Å². The number of rotatable bonds is 4. The van der Waals surface area contributed by atoms with Crippen molar-refractivity contribution in [3.63, 3.8) is 0 Å². The number of hydrogen-bond acceptors (Lipinski definition) is 3. The maximum atomic E-state index is 9.65. The maximum Gasteiger partial charge on any atom is 0.110 e. The van der Waals surface area contributed by atoms with Gasteiger partial charge in [0.05, 0.1) is 6.10 Å². The van der Waals surface area contributed by atoms with Crippen LogP contribution in [0.15, 0.2) is 47.5 Å². The summed E-state index contributed by atoms with van der Waals surface area (Å²) in [6.45, 7) is 2.99. The Bertz CT molecular complexity index is 680. The molecule has 0 fully saturated rings. The fraction of sp³-hybridized carbons (Fsp3) is 0.278. The van der Waals surface area contributed by atoms with Gasteiger partial charge in [0.25, 0.3) is 0 Å². The summed E-state index contributed by atoms with van der Waals surface area (Å²) in [6.07, 6.45) is 2.39. The third-order valence-electron chi connectivity index (χ3n) is 3.72. The third kappa shape index (κ3) is 3.49. The molecule has 1 unspecified atom stereocenters. The molecule has 1 N–H and O–H groups in total. The Morgan fingerprint density at radius 3 is 2.64 bits per heavy atom. The molecular weight excluding hydrogens is 296 g/mol. The average molecular weight is 315 g/mol. The summed E-state index contributed by atoms with van der Waals surface area (Å²) in [4.78, 5) is 6.47. The zero-order valence-electron chi connectivity index (χ0n) is 12.5. The molecule has 22 heavy (non-hydrogen) atoms. The van der Waals surface area contributed by atoms with Gasteiger partial charge in [0.1, 0.15) is 6.67 Å². The van der Waals surface area contributed by atoms with Gasteiger partial charge in [0, 0.05) is 29.0 Å². The predicted molar refractivity (Wildman–Crippen MR) is 92.2 cm³/mol. The first-order valence-corrected chi connectivity index (χ1v) is 7.80. The van der Waals surface area contributed by atoms with Gasteiger partial charge in [-0.05, 0) is 42.7 Å². The number of nitrogens with zero attached hydrogens (tertiary/aromatic N) is 2. The Morgan fingerprint density at radius 1 is 1.18 bits per heavy atom. The first-order valence-electron chi connectivity index (χ1n) is 7.42. The molecule has 3 rings (SSSR count). The van der Waals surface area contributed by atoms with Crippen molar-refractivity contribution in [2.75, 3.05) is 18.1 Å². The lowest BCUT2D eigenvalue weighted by atomic mass is 10.0. The minimum atomic E-state index is -0.374. The van der Waals surface area contributed by atoms with E-state index in [9.17, 15) is 5.11 Å². The molecule has 1 aliphatic heterocycles. The van der Waals surface area contributed by atoms with Crippen LogP contribution in [0, 0.1) is 0 Å². The number of hydrogen-bond donors (Lipinski definition) is 1. The van der Waals surface area contributed by atoms with Crippen molar-refractivity contribution in [2.24, 2.45) is 4.99 Å². The maximum absolute atomic E-state index is 9.65. The number of aliphatic hydroxyl groups excluding tert-OH is 1. The summed E-state index contributed by atoms with van der Waals surface area (Å²) in [5, 5.41) is 10.4. The lowest BCUT2D eigenvalue weighted by molar-refractivity contribution is 0.200. The van der Waals surface area contributed by atoms with Crippen LogP contribution in [0.1, 0.15) is 23.6 Å². The van der Waals surface area contributed by atoms with Crippen LogP contribution >= 0.6 is 11.6 Å². The van der Waals surface area contributed by atoms with E-state index in [-0.39, 0.29) is 6.10 Å². The van der Waals surface area contributed by atoms with Crippen molar-refractivity contribution < 1.29 is 5.11 Å². The van der Waals surface area contributed by atoms with Crippen LogP contribution in [0.2, 0.25) is 5.02 Å². The van der Waals surface area contributed by atoms with E-state index >= 15 is 0 Å². The van der Waals surface area contributed by atoms with Gasteiger partial charge in [-0.15, -0.1) is 0 Å². The van der Waals surface area contributed by atoms with E-state index < -0.39 is 0 Å². The molecule has 0 aromatic heterocycles. The molecule has 0 bridgehead atoms. The molecule has 1 aliphatic rings. The van der Waals surface area contributed by atoms with Crippen molar-refractivity contribution in [3.8, 4) is 0 Å². The zero-order chi connectivity index (χ0) is 15.5. The van der Waals surface area contributed by atoms with Crippen LogP contribution in [0.5, 0.6) is 0 Å². The van der Waals surface area contributed by atoms with Gasteiger partial charge < -0.3 is 10.0 Å². The fourth-order valence-electron chi connectivity index (χ4n) is 2.71. The average Bonchev–Trinajstić information content (AvgIpc) is 2.50. The number of anilines is 1. The Kier molecular flexibility index (Phi) is 4.46. The van der Waals surface area contributed by atoms with Gasteiger partial charge in [-0.25, -0.2) is 0 Å². The summed E-state index contributed by atoms with van der Waals surface area (Å²) in [7, 11) is 0. The molecule has 1 heterocycles. The molecule has 2 aromatic carbocycles. The summed E-state index contributed by atoms with van der Waals surface area (Å²) in [5.74, 6) is 0. The number of fused-ring (bicyclic) bond motifs is 1. The highest BCUT2D eigenvalue weighted by atomic mass is 35.5. The Hall–Kier alpha value is -1.84. The lowest BCUT2D eigenvalue weighted by Crippen LogP contribution is -2.33. The molecule has 4 heteroatoms. The van der Waals surface area contributed by atoms with E-state index in [1.165, 1.54) is 11.1 Å². The number of halogens is 1. The highest BCUT2D eigenvalue weighted by Gasteiger charge is 2.16. The SMILES string of the molecule is CC(O)CN1CN=Cc2ccc(Cc3ccc(Cl)cc3)cc21. The van der Waals surface area contributed by atoms with Crippen molar-refractivity contribution >= 4 is 23.5 Å². The van der Waals surface area contributed by atoms with Crippen LogP contribution in [-0.2, 0) is 6.42 Å². The van der Waals surface area contributed by atoms with E-state index in [0.29, 0.717) is 13.2 Å². The lowest BCUT2D eigenvalue weighted by Gasteiger charge is -2.29. The Morgan fingerprint density at radius 2 is 1.91 bits per heavy atom. The summed E-state index contributed by atoms with van der Waals surface area (Å²) in [6, 6.07) is 14.4. The van der Waals surface area contributed by atoms with Crippen LogP contribution in [-0.4, -0.2) is 30.6 Å². The molecule has 0 saturated heterocycles. The molecule has 114 valence electrons. The molecule has 3 nitrogen and oxygen atoms in total. The normalized spacial score (nSPS) is 14.8. The number of aliphatic hydroxyl groups is 1. The number of benzene rings is 2. The van der Waals surface area contributed by atoms with Gasteiger partial charge in [-0.2, -0.15) is 0 Å². The predicted octanol–water partition coefficient (Wildman–Crippen LogP) is 3.51. The first kappa shape index (κ1) is 15.1. The summed E-state index contributed by atoms with van der Waals surface area (Å²) >= 11 is 5.93. The van der Waals surface area contributed by atoms with E-state index in [1.807, 2.05) is 18.3 Å². The topological polar surface area (TPSA) is 35.8 Å². The van der Waals surface area contributed by atoms with Crippen LogP contribution in [0.4, 0.5) is 5.69 Å². The van der Waals surface area contributed by atoms with Crippen LogP contribution in [0.25, 0.3) is 0 Å². The Labute approximate surface area is 135 Å². The minimum absolute atomic E-state index is 0.374. The van der Waals surface area contributed by atoms with Gasteiger partial charge in [-0.3, -0.25) is 4.99 Å². The summed E-state index contributed by atoms with van der Waals surface area (Å²) in [5.41, 5.74) is 4.72. The zero-order valence-corrected chi connectivity index (χ0v) is 13.3. The molecule has 2 aromatic rings. The van der Waals surface area contributed by atoms with E-state index in [2.05, 4.69) is 40.2 Å². The standard InChI is InChI=1S/C18H19ClN2O/c1-13(22)11-21-12-20-10-16-5-2-15(9-18(16)21)8-14-3-6-17(19)7-4-14/h2-7,9-10,13,22H,8,11-12H2,1H3. The van der Waals surface area contributed by atoms with Gasteiger partial charge >= 0.3 is 0 Å². The van der Waals surface area contributed by atoms with E-state index in [0.717, 1.165) is 22.7 Å². The van der Waals surface area contributed by atoms with E-state index in [1.54, 1.807) is 6.92 Å². The second kappa shape index (κ2) is 6.51. The van der Waals surface area contributed by atoms with Gasteiger partial charge in [0.15, 0.2) is 0 Å². The molecule has 0 radical (unpaired) electrons. The molecule has 0 saturated carbocycles. The van der Waals surface area contributed by atoms with Crippen molar-refractivity contribution in [1.29, 1.82) is 0 Å². The quantitative estimate of drug-likeness (QED) is 0.937. The van der Waals surface area contributed by atoms with Crippen LogP contribution in [0.3, 0.4) is 0 Å². The number of β-amino-alcohol motifs (C(OH)–C–C–N with tert-alkyl or cyclic N) is 1. The second-order valence-electron chi connectivity index (χ2n) is 5.72. The molecule has 0 spiro atoms. The highest BCUT2D eigenvalue weighted by Crippen LogP contribution is 2.25. The number of aliphatic imine (C=N–C) groups is 1. The smallest absolute Gasteiger partial charge is 0.110 e. The third-order valence-corrected chi connectivity index (χ3v) is 3.98. The second-order valence-corrected chi connectivity index (χ2v) is 6.16. The molecule has 0 amide bonds.